The fraction of sp³-hybridized carbons (Fsp3) is 0.214. The summed E-state index contributed by atoms with van der Waals surface area (Å²) in [5, 5.41) is 3.18. The Kier molecular flexibility index (Phi) is 4.55. The molecule has 1 atom stereocenters. The first-order valence-electron chi connectivity index (χ1n) is 5.78. The van der Waals surface area contributed by atoms with E-state index >= 15 is 0 Å². The molecule has 1 aromatic heterocycles. The molecule has 2 rings (SSSR count). The van der Waals surface area contributed by atoms with Crippen LogP contribution in [0.3, 0.4) is 0 Å². The van der Waals surface area contributed by atoms with Crippen LogP contribution in [0, 0.1) is 12.7 Å². The van der Waals surface area contributed by atoms with Crippen LogP contribution in [-0.2, 0) is 0 Å². The molecule has 0 aliphatic rings. The standard InChI is InChI=1S/C14H13BrClFN2/c1-8-4-3-7-19-13(8)14(18-2)9-5-6-10(15)11(16)12(9)17/h3-7,14,18H,1-2H3. The lowest BCUT2D eigenvalue weighted by Crippen LogP contribution is -2.21. The molecule has 1 unspecified atom stereocenters. The highest BCUT2D eigenvalue weighted by Gasteiger charge is 2.21. The maximum atomic E-state index is 14.3. The number of hydrogen-bond acceptors (Lipinski definition) is 2. The number of nitrogens with one attached hydrogen (secondary N) is 1. The van der Waals surface area contributed by atoms with Crippen molar-refractivity contribution in [2.45, 2.75) is 13.0 Å². The van der Waals surface area contributed by atoms with E-state index in [2.05, 4.69) is 26.2 Å². The molecule has 0 aliphatic heterocycles. The minimum absolute atomic E-state index is 0.0892. The van der Waals surface area contributed by atoms with E-state index in [1.165, 1.54) is 0 Å². The van der Waals surface area contributed by atoms with E-state index in [1.54, 1.807) is 25.4 Å². The largest absolute Gasteiger partial charge is 0.308 e. The zero-order chi connectivity index (χ0) is 14.0. The minimum Gasteiger partial charge on any atom is -0.308 e. The van der Waals surface area contributed by atoms with Gasteiger partial charge in [0.1, 0.15) is 5.82 Å². The molecule has 1 N–H and O–H groups in total. The minimum atomic E-state index is -0.430. The van der Waals surface area contributed by atoms with Crippen molar-refractivity contribution in [2.75, 3.05) is 7.05 Å². The molecular formula is C14H13BrClFN2. The van der Waals surface area contributed by atoms with Gasteiger partial charge in [-0.3, -0.25) is 4.98 Å². The SMILES string of the molecule is CNC(c1ccc(Br)c(Cl)c1F)c1ncccc1C. The van der Waals surface area contributed by atoms with Crippen molar-refractivity contribution in [2.24, 2.45) is 0 Å². The molecule has 0 radical (unpaired) electrons. The third kappa shape index (κ3) is 2.81. The molecule has 2 nitrogen and oxygen atoms in total. The van der Waals surface area contributed by atoms with E-state index in [9.17, 15) is 4.39 Å². The average Bonchev–Trinajstić information content (AvgIpc) is 2.41. The highest BCUT2D eigenvalue weighted by molar-refractivity contribution is 9.10. The van der Waals surface area contributed by atoms with Gasteiger partial charge in [-0.25, -0.2) is 4.39 Å². The van der Waals surface area contributed by atoms with Gasteiger partial charge in [-0.05, 0) is 47.6 Å². The van der Waals surface area contributed by atoms with Gasteiger partial charge in [0.25, 0.3) is 0 Å². The van der Waals surface area contributed by atoms with Gasteiger partial charge in [-0.2, -0.15) is 0 Å². The summed E-state index contributed by atoms with van der Waals surface area (Å²) in [6.07, 6.45) is 1.70. The van der Waals surface area contributed by atoms with E-state index in [0.29, 0.717) is 10.0 Å². The molecule has 1 heterocycles. The highest BCUT2D eigenvalue weighted by Crippen LogP contribution is 2.32. The van der Waals surface area contributed by atoms with Gasteiger partial charge in [-0.15, -0.1) is 0 Å². The van der Waals surface area contributed by atoms with Crippen LogP contribution in [0.5, 0.6) is 0 Å². The second-order valence-electron chi connectivity index (χ2n) is 4.19. The number of benzene rings is 1. The number of pyridine rings is 1. The van der Waals surface area contributed by atoms with Crippen molar-refractivity contribution in [3.63, 3.8) is 0 Å². The molecule has 0 saturated carbocycles. The quantitative estimate of drug-likeness (QED) is 0.843. The Bertz CT molecular complexity index is 604. The van der Waals surface area contributed by atoms with Gasteiger partial charge in [0, 0.05) is 16.2 Å². The van der Waals surface area contributed by atoms with Crippen molar-refractivity contribution < 1.29 is 4.39 Å². The van der Waals surface area contributed by atoms with E-state index in [0.717, 1.165) is 11.3 Å². The maximum absolute atomic E-state index is 14.3. The summed E-state index contributed by atoms with van der Waals surface area (Å²) >= 11 is 9.16. The molecule has 1 aromatic carbocycles. The van der Waals surface area contributed by atoms with Crippen molar-refractivity contribution in [3.05, 3.63) is 62.6 Å². The van der Waals surface area contributed by atoms with Crippen LogP contribution in [0.15, 0.2) is 34.9 Å². The number of hydrogen-bond donors (Lipinski definition) is 1. The van der Waals surface area contributed by atoms with E-state index < -0.39 is 5.82 Å². The van der Waals surface area contributed by atoms with Gasteiger partial charge in [0.15, 0.2) is 0 Å². The van der Waals surface area contributed by atoms with E-state index in [1.807, 2.05) is 19.1 Å². The number of aromatic nitrogens is 1. The first kappa shape index (κ1) is 14.4. The van der Waals surface area contributed by atoms with E-state index in [-0.39, 0.29) is 11.1 Å². The van der Waals surface area contributed by atoms with Crippen LogP contribution in [0.25, 0.3) is 0 Å². The number of aryl methyl sites for hydroxylation is 1. The predicted molar refractivity (Wildman–Crippen MR) is 79.0 cm³/mol. The van der Waals surface area contributed by atoms with Crippen molar-refractivity contribution in [1.82, 2.24) is 10.3 Å². The van der Waals surface area contributed by atoms with Crippen molar-refractivity contribution in [3.8, 4) is 0 Å². The van der Waals surface area contributed by atoms with Gasteiger partial charge >= 0.3 is 0 Å². The number of rotatable bonds is 3. The zero-order valence-electron chi connectivity index (χ0n) is 10.5. The van der Waals surface area contributed by atoms with Crippen LogP contribution in [0.2, 0.25) is 5.02 Å². The van der Waals surface area contributed by atoms with Crippen LogP contribution >= 0.6 is 27.5 Å². The second-order valence-corrected chi connectivity index (χ2v) is 5.42. The fourth-order valence-electron chi connectivity index (χ4n) is 2.00. The Morgan fingerprint density at radius 3 is 2.74 bits per heavy atom. The van der Waals surface area contributed by atoms with Crippen molar-refractivity contribution in [1.29, 1.82) is 0 Å². The van der Waals surface area contributed by atoms with E-state index in [4.69, 9.17) is 11.6 Å². The molecular weight excluding hydrogens is 331 g/mol. The second kappa shape index (κ2) is 5.99. The first-order chi connectivity index (χ1) is 9.06. The van der Waals surface area contributed by atoms with Crippen LogP contribution in [0.1, 0.15) is 22.9 Å². The first-order valence-corrected chi connectivity index (χ1v) is 6.95. The third-order valence-corrected chi connectivity index (χ3v) is 4.25. The van der Waals surface area contributed by atoms with Gasteiger partial charge in [0.2, 0.25) is 0 Å². The Morgan fingerprint density at radius 2 is 2.11 bits per heavy atom. The normalized spacial score (nSPS) is 12.5. The molecule has 0 saturated heterocycles. The molecule has 0 bridgehead atoms. The molecule has 19 heavy (non-hydrogen) atoms. The predicted octanol–water partition coefficient (Wildman–Crippen LogP) is 4.25. The van der Waals surface area contributed by atoms with Gasteiger partial charge in [0.05, 0.1) is 16.8 Å². The number of nitrogens with zero attached hydrogens (tertiary/aromatic N) is 1. The Morgan fingerprint density at radius 1 is 1.37 bits per heavy atom. The summed E-state index contributed by atoms with van der Waals surface area (Å²) in [5.41, 5.74) is 2.28. The van der Waals surface area contributed by atoms with Gasteiger partial charge < -0.3 is 5.32 Å². The highest BCUT2D eigenvalue weighted by atomic mass is 79.9. The Labute approximate surface area is 125 Å². The summed E-state index contributed by atoms with van der Waals surface area (Å²) in [7, 11) is 1.77. The molecule has 0 spiro atoms. The fourth-order valence-corrected chi connectivity index (χ4v) is 2.48. The lowest BCUT2D eigenvalue weighted by Gasteiger charge is -2.19. The molecule has 2 aromatic rings. The van der Waals surface area contributed by atoms with Crippen LogP contribution in [-0.4, -0.2) is 12.0 Å². The topological polar surface area (TPSA) is 24.9 Å². The lowest BCUT2D eigenvalue weighted by atomic mass is 9.99. The third-order valence-electron chi connectivity index (χ3n) is 2.99. The Balaban J connectivity index is 2.55. The summed E-state index contributed by atoms with van der Waals surface area (Å²) in [6, 6.07) is 6.93. The molecule has 0 fully saturated rings. The average molecular weight is 344 g/mol. The summed E-state index contributed by atoms with van der Waals surface area (Å²) in [6.45, 7) is 1.95. The number of halogens is 3. The Hall–Kier alpha value is -0.970. The molecule has 100 valence electrons. The van der Waals surface area contributed by atoms with Crippen molar-refractivity contribution >= 4 is 27.5 Å². The molecule has 5 heteroatoms. The maximum Gasteiger partial charge on any atom is 0.148 e. The van der Waals surface area contributed by atoms with Gasteiger partial charge in [-0.1, -0.05) is 23.7 Å². The van der Waals surface area contributed by atoms with Crippen LogP contribution in [0.4, 0.5) is 4.39 Å². The van der Waals surface area contributed by atoms with Crippen LogP contribution < -0.4 is 5.32 Å². The molecule has 0 aliphatic carbocycles. The summed E-state index contributed by atoms with van der Waals surface area (Å²) in [4.78, 5) is 4.34. The zero-order valence-corrected chi connectivity index (χ0v) is 12.9. The summed E-state index contributed by atoms with van der Waals surface area (Å²) in [5.74, 6) is -0.430. The summed E-state index contributed by atoms with van der Waals surface area (Å²) < 4.78 is 14.8. The monoisotopic (exact) mass is 342 g/mol. The molecule has 0 amide bonds. The smallest absolute Gasteiger partial charge is 0.148 e. The lowest BCUT2D eigenvalue weighted by molar-refractivity contribution is 0.569.